The van der Waals surface area contributed by atoms with Crippen LogP contribution in [0.2, 0.25) is 0 Å². The summed E-state index contributed by atoms with van der Waals surface area (Å²) in [4.78, 5) is 41.2. The predicted molar refractivity (Wildman–Crippen MR) is 126 cm³/mol. The fourth-order valence-electron chi connectivity index (χ4n) is 2.88. The van der Waals surface area contributed by atoms with Crippen molar-refractivity contribution in [2.24, 2.45) is 0 Å². The topological polar surface area (TPSA) is 101 Å². The van der Waals surface area contributed by atoms with Crippen molar-refractivity contribution in [3.05, 3.63) is 34.6 Å². The second kappa shape index (κ2) is 9.47. The number of anilines is 2. The van der Waals surface area contributed by atoms with E-state index in [4.69, 9.17) is 4.74 Å². The number of amides is 2. The Morgan fingerprint density at radius 1 is 1.12 bits per heavy atom. The molecule has 2 heterocycles. The van der Waals surface area contributed by atoms with E-state index in [0.29, 0.717) is 21.9 Å². The highest BCUT2D eigenvalue weighted by atomic mass is 32.1. The van der Waals surface area contributed by atoms with E-state index < -0.39 is 0 Å². The zero-order valence-corrected chi connectivity index (χ0v) is 20.2. The molecule has 0 bridgehead atoms. The summed E-state index contributed by atoms with van der Waals surface area (Å²) in [6.07, 6.45) is 1.44. The minimum absolute atomic E-state index is 0.00647. The van der Waals surface area contributed by atoms with Crippen molar-refractivity contribution < 1.29 is 14.3 Å². The van der Waals surface area contributed by atoms with Gasteiger partial charge in [-0.25, -0.2) is 15.0 Å². The number of carbonyl (C=O) groups is 2. The molecular formula is C22H28N6O3S. The largest absolute Gasteiger partial charge is 0.489 e. The van der Waals surface area contributed by atoms with Crippen LogP contribution in [0, 0.1) is 13.8 Å². The first kappa shape index (κ1) is 23.4. The van der Waals surface area contributed by atoms with Gasteiger partial charge >= 0.3 is 0 Å². The number of aryl methyl sites for hydroxylation is 2. The van der Waals surface area contributed by atoms with Crippen LogP contribution in [0.25, 0.3) is 10.3 Å². The zero-order valence-electron chi connectivity index (χ0n) is 19.4. The van der Waals surface area contributed by atoms with Gasteiger partial charge in [-0.1, -0.05) is 11.3 Å². The Kier molecular flexibility index (Phi) is 6.93. The molecule has 1 N–H and O–H groups in total. The van der Waals surface area contributed by atoms with Gasteiger partial charge in [-0.2, -0.15) is 0 Å². The molecule has 0 saturated heterocycles. The molecule has 0 fully saturated rings. The van der Waals surface area contributed by atoms with Crippen LogP contribution >= 0.6 is 11.3 Å². The highest BCUT2D eigenvalue weighted by Crippen LogP contribution is 2.34. The Morgan fingerprint density at radius 2 is 1.81 bits per heavy atom. The Morgan fingerprint density at radius 3 is 2.47 bits per heavy atom. The van der Waals surface area contributed by atoms with Crippen molar-refractivity contribution in [1.82, 2.24) is 24.8 Å². The van der Waals surface area contributed by atoms with Crippen molar-refractivity contribution in [3.8, 4) is 5.75 Å². The van der Waals surface area contributed by atoms with Gasteiger partial charge in [0.25, 0.3) is 5.91 Å². The van der Waals surface area contributed by atoms with E-state index in [2.05, 4.69) is 20.3 Å². The molecule has 0 aliphatic rings. The first-order valence-corrected chi connectivity index (χ1v) is 11.0. The van der Waals surface area contributed by atoms with Gasteiger partial charge in [0, 0.05) is 21.1 Å². The summed E-state index contributed by atoms with van der Waals surface area (Å²) in [7, 11) is 4.87. The summed E-state index contributed by atoms with van der Waals surface area (Å²) in [5.74, 6) is 0.679. The smallest absolute Gasteiger partial charge is 0.283 e. The molecule has 170 valence electrons. The van der Waals surface area contributed by atoms with Crippen LogP contribution in [-0.4, -0.2) is 70.4 Å². The van der Waals surface area contributed by atoms with Gasteiger partial charge in [-0.15, -0.1) is 0 Å². The number of hydrogen-bond acceptors (Lipinski definition) is 8. The second-order valence-electron chi connectivity index (χ2n) is 8.07. The molecule has 0 aliphatic carbocycles. The number of aromatic nitrogens is 3. The molecule has 32 heavy (non-hydrogen) atoms. The zero-order chi connectivity index (χ0) is 23.6. The van der Waals surface area contributed by atoms with Gasteiger partial charge in [0.1, 0.15) is 22.4 Å². The maximum absolute atomic E-state index is 12.8. The van der Waals surface area contributed by atoms with E-state index in [0.717, 1.165) is 28.2 Å². The molecule has 2 aromatic heterocycles. The van der Waals surface area contributed by atoms with Crippen molar-refractivity contribution in [2.45, 2.75) is 33.8 Å². The first-order valence-electron chi connectivity index (χ1n) is 10.2. The van der Waals surface area contributed by atoms with Crippen LogP contribution in [0.1, 0.15) is 34.8 Å². The van der Waals surface area contributed by atoms with E-state index in [-0.39, 0.29) is 29.5 Å². The molecule has 10 heteroatoms. The summed E-state index contributed by atoms with van der Waals surface area (Å²) in [6.45, 7) is 7.97. The van der Waals surface area contributed by atoms with Crippen LogP contribution in [0.3, 0.4) is 0 Å². The molecule has 0 atom stereocenters. The van der Waals surface area contributed by atoms with E-state index in [1.54, 1.807) is 21.1 Å². The normalized spacial score (nSPS) is 11.0. The highest BCUT2D eigenvalue weighted by Gasteiger charge is 2.22. The predicted octanol–water partition coefficient (Wildman–Crippen LogP) is 3.39. The number of nitrogens with zero attached hydrogens (tertiary/aromatic N) is 5. The minimum Gasteiger partial charge on any atom is -0.489 e. The van der Waals surface area contributed by atoms with Crippen LogP contribution < -0.4 is 10.1 Å². The Bertz CT molecular complexity index is 1160. The summed E-state index contributed by atoms with van der Waals surface area (Å²) in [6, 6.07) is 3.99. The summed E-state index contributed by atoms with van der Waals surface area (Å²) in [5.41, 5.74) is 3.48. The van der Waals surface area contributed by atoms with E-state index in [1.165, 1.54) is 16.1 Å². The van der Waals surface area contributed by atoms with Crippen molar-refractivity contribution >= 4 is 45.0 Å². The number of fused-ring (bicyclic) bond motifs is 1. The molecule has 9 nitrogen and oxygen atoms in total. The van der Waals surface area contributed by atoms with Gasteiger partial charge < -0.3 is 19.9 Å². The van der Waals surface area contributed by atoms with Gasteiger partial charge in [0.15, 0.2) is 10.8 Å². The molecule has 0 spiro atoms. The average Bonchev–Trinajstić information content (AvgIpc) is 3.15. The Hall–Kier alpha value is -3.27. The molecule has 0 aliphatic heterocycles. The number of benzene rings is 1. The average molecular weight is 457 g/mol. The third kappa shape index (κ3) is 5.13. The number of nitrogens with one attached hydrogen (secondary N) is 1. The van der Waals surface area contributed by atoms with Crippen molar-refractivity contribution in [2.75, 3.05) is 33.0 Å². The van der Waals surface area contributed by atoms with Gasteiger partial charge in [0.05, 0.1) is 18.3 Å². The van der Waals surface area contributed by atoms with E-state index in [1.807, 2.05) is 39.8 Å². The highest BCUT2D eigenvalue weighted by molar-refractivity contribution is 7.19. The Balaban J connectivity index is 1.94. The standard InChI is InChI=1S/C22H28N6O3S/c1-12(2)31-16-9-14(4)13(3)8-15(16)25-19-18-20(24-11-23-19)32-21(26-18)22(30)28(7)10-17(29)27(5)6/h8-9,11-12H,10H2,1-7H3,(H,23,24,25). The molecule has 0 saturated carbocycles. The first-order chi connectivity index (χ1) is 15.1. The molecule has 1 aromatic carbocycles. The molecular weight excluding hydrogens is 428 g/mol. The number of ether oxygens (including phenoxy) is 1. The number of hydrogen-bond donors (Lipinski definition) is 1. The molecule has 3 aromatic rings. The molecule has 0 radical (unpaired) electrons. The third-order valence-corrected chi connectivity index (χ3v) is 5.76. The lowest BCUT2D eigenvalue weighted by Crippen LogP contribution is -2.37. The number of rotatable bonds is 7. The summed E-state index contributed by atoms with van der Waals surface area (Å²) in [5, 5.41) is 3.55. The van der Waals surface area contributed by atoms with Crippen LogP contribution in [0.15, 0.2) is 18.5 Å². The van der Waals surface area contributed by atoms with Crippen LogP contribution in [-0.2, 0) is 4.79 Å². The van der Waals surface area contributed by atoms with Crippen molar-refractivity contribution in [3.63, 3.8) is 0 Å². The minimum atomic E-state index is -0.343. The van der Waals surface area contributed by atoms with Crippen LogP contribution in [0.5, 0.6) is 5.75 Å². The maximum Gasteiger partial charge on any atom is 0.283 e. The van der Waals surface area contributed by atoms with Crippen LogP contribution in [0.4, 0.5) is 11.5 Å². The lowest BCUT2D eigenvalue weighted by molar-refractivity contribution is -0.129. The Labute approximate surface area is 191 Å². The monoisotopic (exact) mass is 456 g/mol. The van der Waals surface area contributed by atoms with E-state index >= 15 is 0 Å². The van der Waals surface area contributed by atoms with Crippen molar-refractivity contribution in [1.29, 1.82) is 0 Å². The quantitative estimate of drug-likeness (QED) is 0.581. The molecule has 2 amide bonds. The fraction of sp³-hybridized carbons (Fsp3) is 0.409. The molecule has 3 rings (SSSR count). The number of carbonyl (C=O) groups excluding carboxylic acids is 2. The van der Waals surface area contributed by atoms with Gasteiger partial charge in [-0.05, 0) is 51.0 Å². The summed E-state index contributed by atoms with van der Waals surface area (Å²) < 4.78 is 5.98. The number of likely N-dealkylation sites (N-methyl/N-ethyl adjacent to an activating group) is 2. The van der Waals surface area contributed by atoms with Gasteiger partial charge in [0.2, 0.25) is 5.91 Å². The second-order valence-corrected chi connectivity index (χ2v) is 9.05. The maximum atomic E-state index is 12.8. The lowest BCUT2D eigenvalue weighted by Gasteiger charge is -2.18. The fourth-order valence-corrected chi connectivity index (χ4v) is 3.78. The lowest BCUT2D eigenvalue weighted by atomic mass is 10.1. The molecule has 0 unspecified atom stereocenters. The number of thiazole rings is 1. The SMILES string of the molecule is Cc1cc(Nc2ncnc3sc(C(=O)N(C)CC(=O)N(C)C)nc23)c(OC(C)C)cc1C. The summed E-state index contributed by atoms with van der Waals surface area (Å²) >= 11 is 1.16. The third-order valence-electron chi connectivity index (χ3n) is 4.81. The van der Waals surface area contributed by atoms with E-state index in [9.17, 15) is 9.59 Å². The van der Waals surface area contributed by atoms with Gasteiger partial charge in [-0.3, -0.25) is 9.59 Å².